The van der Waals surface area contributed by atoms with Crippen LogP contribution in [0.1, 0.15) is 218 Å². The van der Waals surface area contributed by atoms with Crippen LogP contribution in [0, 0.1) is 23.7 Å². The molecule has 3 aliphatic rings. The van der Waals surface area contributed by atoms with Crippen molar-refractivity contribution in [1.29, 1.82) is 0 Å². The van der Waals surface area contributed by atoms with Crippen LogP contribution in [0.2, 0.25) is 0 Å². The third-order valence-corrected chi connectivity index (χ3v) is 20.0. The number of hydrogen-bond donors (Lipinski definition) is 5. The van der Waals surface area contributed by atoms with Gasteiger partial charge in [-0.05, 0) is 150 Å². The fourth-order valence-electron chi connectivity index (χ4n) is 13.8. The molecule has 0 radical (unpaired) electrons. The average molecular weight is 1490 g/mol. The second-order valence-electron chi connectivity index (χ2n) is 28.2. The summed E-state index contributed by atoms with van der Waals surface area (Å²) in [6, 6.07) is 11.8. The second kappa shape index (κ2) is 43.9. The summed E-state index contributed by atoms with van der Waals surface area (Å²) in [5, 5.41) is 48.7. The lowest BCUT2D eigenvalue weighted by Gasteiger charge is -2.49. The Morgan fingerprint density at radius 1 is 0.706 bits per heavy atom. The minimum atomic E-state index is -4.23. The Morgan fingerprint density at radius 2 is 1.27 bits per heavy atom. The zero-order valence-corrected chi connectivity index (χ0v) is 66.1. The number of hydrogen-bond acceptors (Lipinski definition) is 23. The van der Waals surface area contributed by atoms with Crippen LogP contribution < -0.4 is 18.9 Å². The van der Waals surface area contributed by atoms with Gasteiger partial charge in [0.25, 0.3) is 0 Å². The number of halogens is 1. The molecule has 1 aromatic heterocycles. The topological polar surface area (TPSA) is 313 Å². The number of cyclic esters (lactones) is 1. The van der Waals surface area contributed by atoms with Gasteiger partial charge in [-0.2, -0.15) is 8.42 Å². The van der Waals surface area contributed by atoms with Crippen molar-refractivity contribution in [2.45, 2.75) is 298 Å². The fourth-order valence-corrected chi connectivity index (χ4v) is 14.2. The Labute approximate surface area is 614 Å². The van der Waals surface area contributed by atoms with Crippen LogP contribution in [0.4, 0.5) is 0 Å². The number of esters is 2. The molecule has 0 bridgehead atoms. The van der Waals surface area contributed by atoms with Crippen molar-refractivity contribution in [1.82, 2.24) is 9.88 Å². The zero-order valence-electron chi connectivity index (χ0n) is 64.4. The Kier molecular flexibility index (Phi) is 39.4. The van der Waals surface area contributed by atoms with E-state index in [2.05, 4.69) is 22.2 Å². The number of Topliss-reactive ketones (excluding diaryl/α,β-unsaturated/α-hetero) is 1. The van der Waals surface area contributed by atoms with Crippen molar-refractivity contribution in [2.75, 3.05) is 54.2 Å². The number of aliphatic hydroxyl groups excluding tert-OH is 2. The number of carbonyl (C=O) groups is 3. The van der Waals surface area contributed by atoms with Crippen LogP contribution in [0.3, 0.4) is 0 Å². The maximum absolute atomic E-state index is 14.2. The summed E-state index contributed by atoms with van der Waals surface area (Å²) in [5.74, 6) is -2.54. The highest BCUT2D eigenvalue weighted by molar-refractivity contribution is 7.80. The van der Waals surface area contributed by atoms with Crippen molar-refractivity contribution in [3.63, 3.8) is 0 Å². The van der Waals surface area contributed by atoms with Gasteiger partial charge in [0.1, 0.15) is 23.6 Å². The highest BCUT2D eigenvalue weighted by atomic mass is 35.5. The second-order valence-corrected chi connectivity index (χ2v) is 29.3. The van der Waals surface area contributed by atoms with Crippen molar-refractivity contribution in [3.8, 4) is 23.0 Å². The smallest absolute Gasteiger partial charge is 0.397 e. The number of rotatable bonds is 31. The van der Waals surface area contributed by atoms with Crippen LogP contribution in [-0.2, 0) is 68.5 Å². The van der Waals surface area contributed by atoms with Gasteiger partial charge < -0.3 is 77.4 Å². The first-order valence-corrected chi connectivity index (χ1v) is 38.2. The summed E-state index contributed by atoms with van der Waals surface area (Å²) in [6.45, 7) is 30.6. The first-order valence-electron chi connectivity index (χ1n) is 36.9. The highest BCUT2D eigenvalue weighted by Crippen LogP contribution is 2.42. The van der Waals surface area contributed by atoms with Crippen molar-refractivity contribution in [3.05, 3.63) is 53.9 Å². The number of nitrogens with zero attached hydrogens (tertiary/aromatic N) is 2. The van der Waals surface area contributed by atoms with E-state index in [1.54, 1.807) is 48.5 Å². The van der Waals surface area contributed by atoms with Crippen LogP contribution in [0.15, 0.2) is 42.6 Å². The molecule has 3 fully saturated rings. The van der Waals surface area contributed by atoms with Gasteiger partial charge in [-0.15, -0.1) is 12.4 Å². The first kappa shape index (κ1) is 91.6. The first-order chi connectivity index (χ1) is 47.6. The number of unbranched alkanes of at least 4 members (excludes halogenated alkanes) is 9. The summed E-state index contributed by atoms with van der Waals surface area (Å²) >= 11 is 0. The molecule has 3 aliphatic heterocycles. The molecule has 3 aromatic rings. The summed E-state index contributed by atoms with van der Waals surface area (Å²) in [7, 11) is 0.973. The van der Waals surface area contributed by atoms with E-state index >= 15 is 0 Å². The molecular formula is C76H127ClN2O22S. The number of likely N-dealkylation sites (N-methyl/N-ethyl adjacent to an activating group) is 1. The van der Waals surface area contributed by atoms with E-state index in [1.165, 1.54) is 72.8 Å². The molecule has 5 N–H and O–H groups in total. The van der Waals surface area contributed by atoms with Crippen LogP contribution in [-0.4, -0.2) is 199 Å². The summed E-state index contributed by atoms with van der Waals surface area (Å²) in [4.78, 5) is 47.5. The van der Waals surface area contributed by atoms with Gasteiger partial charge in [-0.3, -0.25) is 23.9 Å². The standard InChI is InChI=1S/C40H71NO14.C24H29NO4.C12H26O4S.ClH/c1-15-27-40(11,48)33(44)22(5)30(43)20(3)18-38(9,47)35(55-37-32(53-28(42)16-2)26(41(12)13)17-21(4)50-37)23(6)31(24(7)36(46)52-27)54-29-19-39(10,49-14)34(45)25(8)51-29;1-5-26-21-10-9-17(14-22(21)27-6-2)13-20-19-16-24(29-8-4)23(28-7-3)15-18(19)11-12-25-20;1-2-3-4-5-6-7-8-9-10-11-12-16-17(13,14)15;/h20-27,29,31-35,37,44-45,47-48H,15-19H2,1-14H3;9-12,14-16H,5-8,13H2,1-4H3;2-12H2,1H3,(H,13,14,15);1H. The molecular weight excluding hydrogens is 1360 g/mol. The number of ketones is 1. The van der Waals surface area contributed by atoms with E-state index in [1.807, 2.05) is 90.1 Å². The molecule has 586 valence electrons. The quantitative estimate of drug-likeness (QED) is 0.0227. The lowest BCUT2D eigenvalue weighted by atomic mass is 9.74. The predicted molar refractivity (Wildman–Crippen MR) is 393 cm³/mol. The van der Waals surface area contributed by atoms with Gasteiger partial charge in [0.05, 0.1) is 92.4 Å². The molecule has 0 spiro atoms. The van der Waals surface area contributed by atoms with E-state index in [0.717, 1.165) is 57.9 Å². The largest absolute Gasteiger partial charge is 0.490 e. The van der Waals surface area contributed by atoms with Crippen molar-refractivity contribution in [2.24, 2.45) is 23.7 Å². The fraction of sp³-hybridized carbons (Fsp3) is 0.763. The molecule has 6 rings (SSSR count). The molecule has 18 atom stereocenters. The Balaban J connectivity index is 0.000000475. The molecule has 18 unspecified atom stereocenters. The summed E-state index contributed by atoms with van der Waals surface area (Å²) in [5.41, 5.74) is -2.82. The van der Waals surface area contributed by atoms with Gasteiger partial charge in [0.2, 0.25) is 0 Å². The van der Waals surface area contributed by atoms with E-state index in [9.17, 15) is 43.2 Å². The SMILES string of the molecule is CCC(=O)OC1C(OC2C(C)C(OC3CC(C)(OC)C(O)C(C)O3)C(C)C(=O)OC(CC)C(C)(O)C(O)C(C)C(=O)C(C)CC2(C)O)OC(C)CC1N(C)C.CCCCCCCCCCCCOS(=O)(=O)O.CCOc1ccc(Cc2nccc3cc(OCC)c(OCC)cc23)cc1OCC.Cl. The van der Waals surface area contributed by atoms with Gasteiger partial charge in [-0.1, -0.05) is 105 Å². The van der Waals surface area contributed by atoms with Crippen LogP contribution in [0.5, 0.6) is 23.0 Å². The van der Waals surface area contributed by atoms with Gasteiger partial charge >= 0.3 is 22.3 Å². The van der Waals surface area contributed by atoms with E-state index in [-0.39, 0.29) is 56.8 Å². The minimum absolute atomic E-state index is 0. The van der Waals surface area contributed by atoms with Crippen LogP contribution in [0.25, 0.3) is 10.8 Å². The van der Waals surface area contributed by atoms with Crippen LogP contribution >= 0.6 is 12.4 Å². The Morgan fingerprint density at radius 3 is 1.82 bits per heavy atom. The monoisotopic (exact) mass is 1490 g/mol. The number of carbonyl (C=O) groups excluding carboxylic acids is 3. The Bertz CT molecular complexity index is 3090. The van der Waals surface area contributed by atoms with Crippen molar-refractivity contribution >= 4 is 51.3 Å². The van der Waals surface area contributed by atoms with E-state index in [4.69, 9.17) is 56.7 Å². The van der Waals surface area contributed by atoms with Gasteiger partial charge in [-0.25, -0.2) is 4.18 Å². The maximum atomic E-state index is 14.2. The lowest BCUT2D eigenvalue weighted by Crippen LogP contribution is -2.61. The highest BCUT2D eigenvalue weighted by Gasteiger charge is 2.54. The Hall–Kier alpha value is -4.58. The minimum Gasteiger partial charge on any atom is -0.490 e. The number of benzene rings is 2. The molecule has 0 saturated carbocycles. The summed E-state index contributed by atoms with van der Waals surface area (Å²) in [6.07, 6.45) is 4.69. The molecule has 24 nitrogen and oxygen atoms in total. The molecule has 3 saturated heterocycles. The number of fused-ring (bicyclic) bond motifs is 1. The maximum Gasteiger partial charge on any atom is 0.397 e. The lowest BCUT2D eigenvalue weighted by molar-refractivity contribution is -0.319. The molecule has 102 heavy (non-hydrogen) atoms. The zero-order chi connectivity index (χ0) is 75.6. The number of aromatic nitrogens is 1. The van der Waals surface area contributed by atoms with Crippen molar-refractivity contribution < 1.29 is 104 Å². The third kappa shape index (κ3) is 27.0. The molecule has 0 aliphatic carbocycles. The number of ether oxygens (including phenoxy) is 11. The normalized spacial score (nSPS) is 30.3. The molecule has 0 amide bonds. The summed E-state index contributed by atoms with van der Waals surface area (Å²) < 4.78 is 99.6. The van der Waals surface area contributed by atoms with Gasteiger partial charge in [0.15, 0.2) is 41.7 Å². The number of pyridine rings is 1. The number of methoxy groups -OCH3 is 1. The van der Waals surface area contributed by atoms with E-state index in [0.29, 0.717) is 45.7 Å². The van der Waals surface area contributed by atoms with Gasteiger partial charge in [0, 0.05) is 55.7 Å². The number of aliphatic hydroxyl groups is 4. The predicted octanol–water partition coefficient (Wildman–Crippen LogP) is 12.3. The molecule has 4 heterocycles. The average Bonchev–Trinajstić information content (AvgIpc) is 0.781. The van der Waals surface area contributed by atoms with E-state index < -0.39 is 124 Å². The third-order valence-electron chi connectivity index (χ3n) is 19.6. The molecule has 2 aromatic carbocycles. The molecule has 26 heteroatoms.